The lowest BCUT2D eigenvalue weighted by molar-refractivity contribution is -0.912. The molecule has 0 spiro atoms. The normalized spacial score (nSPS) is 13.2. The Bertz CT molecular complexity index is 163. The molecular weight excluding hydrogens is 238 g/mol. The molecule has 0 aliphatic carbocycles. The van der Waals surface area contributed by atoms with Gasteiger partial charge < -0.3 is 26.7 Å². The van der Waals surface area contributed by atoms with E-state index in [1.165, 1.54) is 25.7 Å². The fourth-order valence-corrected chi connectivity index (χ4v) is 1.89. The van der Waals surface area contributed by atoms with Gasteiger partial charge in [-0.3, -0.25) is 0 Å². The van der Waals surface area contributed by atoms with Crippen LogP contribution < -0.4 is 12.4 Å². The number of halogens is 1. The van der Waals surface area contributed by atoms with Crippen molar-refractivity contribution in [3.05, 3.63) is 0 Å². The number of likely N-dealkylation sites (N-methyl/N-ethyl adjacent to an activating group) is 1. The van der Waals surface area contributed by atoms with Crippen LogP contribution in [0, 0.1) is 0 Å². The highest BCUT2D eigenvalue weighted by molar-refractivity contribution is 4.42. The van der Waals surface area contributed by atoms with Crippen molar-refractivity contribution in [1.29, 1.82) is 0 Å². The zero-order valence-corrected chi connectivity index (χ0v) is 12.7. The summed E-state index contributed by atoms with van der Waals surface area (Å²) in [5, 5.41) is 9.32. The van der Waals surface area contributed by atoms with Gasteiger partial charge in [0, 0.05) is 0 Å². The van der Waals surface area contributed by atoms with Crippen molar-refractivity contribution < 1.29 is 26.7 Å². The molecule has 0 heterocycles. The quantitative estimate of drug-likeness (QED) is 0.325. The second-order valence-corrected chi connectivity index (χ2v) is 5.42. The maximum atomic E-state index is 9.32. The molecule has 17 heavy (non-hydrogen) atoms. The van der Waals surface area contributed by atoms with E-state index >= 15 is 0 Å². The van der Waals surface area contributed by atoms with Crippen molar-refractivity contribution in [3.8, 4) is 0 Å². The monoisotopic (exact) mass is 267 g/mol. The molecule has 1 unspecified atom stereocenters. The first-order valence-corrected chi connectivity index (χ1v) is 6.56. The minimum absolute atomic E-state index is 0. The number of aliphatic hydroxyl groups excluding tert-OH is 1. The van der Waals surface area contributed by atoms with Gasteiger partial charge in [0.25, 0.3) is 0 Å². The van der Waals surface area contributed by atoms with E-state index in [1.807, 2.05) is 6.92 Å². The van der Waals surface area contributed by atoms with Crippen molar-refractivity contribution in [2.45, 2.75) is 52.1 Å². The van der Waals surface area contributed by atoms with Crippen molar-refractivity contribution in [3.63, 3.8) is 0 Å². The van der Waals surface area contributed by atoms with Crippen LogP contribution in [-0.4, -0.2) is 49.7 Å². The molecule has 0 aromatic heterocycles. The number of hydrogen-bond acceptors (Lipinski definition) is 2. The molecule has 0 bridgehead atoms. The van der Waals surface area contributed by atoms with Gasteiger partial charge >= 0.3 is 0 Å². The summed E-state index contributed by atoms with van der Waals surface area (Å²) in [7, 11) is 4.17. The van der Waals surface area contributed by atoms with Gasteiger partial charge in [-0.05, 0) is 13.3 Å². The third kappa shape index (κ3) is 14.1. The van der Waals surface area contributed by atoms with Gasteiger partial charge in [-0.2, -0.15) is 0 Å². The number of hydrogen-bond donors (Lipinski definition) is 1. The molecule has 0 aromatic carbocycles. The Morgan fingerprint density at radius 3 is 2.24 bits per heavy atom. The first kappa shape index (κ1) is 19.5. The second kappa shape index (κ2) is 11.3. The number of ether oxygens (including phenoxy) is 1. The highest BCUT2D eigenvalue weighted by Gasteiger charge is 2.17. The summed E-state index contributed by atoms with van der Waals surface area (Å²) in [6, 6.07) is 0. The average molecular weight is 268 g/mol. The van der Waals surface area contributed by atoms with Gasteiger partial charge in [0.05, 0.1) is 20.7 Å². The van der Waals surface area contributed by atoms with Crippen LogP contribution in [0.5, 0.6) is 0 Å². The van der Waals surface area contributed by atoms with E-state index in [-0.39, 0.29) is 18.5 Å². The van der Waals surface area contributed by atoms with E-state index in [0.29, 0.717) is 6.73 Å². The SMILES string of the molecule is CCCCCCCOC[N+](C)(C)CC(C)O.[Cl-]. The third-order valence-corrected chi connectivity index (χ3v) is 2.59. The molecule has 0 fully saturated rings. The molecule has 0 aliphatic heterocycles. The molecule has 0 aromatic rings. The predicted molar refractivity (Wildman–Crippen MR) is 68.2 cm³/mol. The topological polar surface area (TPSA) is 29.5 Å². The molecule has 0 radical (unpaired) electrons. The maximum Gasteiger partial charge on any atom is 0.182 e. The number of quaternary nitrogens is 1. The van der Waals surface area contributed by atoms with Crippen LogP contribution in [0.2, 0.25) is 0 Å². The Balaban J connectivity index is 0. The average Bonchev–Trinajstić information content (AvgIpc) is 2.14. The fourth-order valence-electron chi connectivity index (χ4n) is 1.89. The van der Waals surface area contributed by atoms with E-state index in [1.54, 1.807) is 0 Å². The van der Waals surface area contributed by atoms with Crippen LogP contribution >= 0.6 is 0 Å². The summed E-state index contributed by atoms with van der Waals surface area (Å²) in [6.45, 7) is 6.34. The Hall–Kier alpha value is 0.170. The number of nitrogens with zero attached hydrogens (tertiary/aromatic N) is 1. The summed E-state index contributed by atoms with van der Waals surface area (Å²) >= 11 is 0. The molecular formula is C13H30ClNO2. The molecule has 4 heteroatoms. The van der Waals surface area contributed by atoms with Crippen LogP contribution in [0.15, 0.2) is 0 Å². The molecule has 106 valence electrons. The van der Waals surface area contributed by atoms with E-state index in [0.717, 1.165) is 24.1 Å². The molecule has 0 amide bonds. The zero-order chi connectivity index (χ0) is 12.4. The highest BCUT2D eigenvalue weighted by atomic mass is 35.5. The Labute approximate surface area is 113 Å². The van der Waals surface area contributed by atoms with Gasteiger partial charge in [-0.25, -0.2) is 0 Å². The minimum atomic E-state index is -0.261. The number of rotatable bonds is 10. The summed E-state index contributed by atoms with van der Waals surface area (Å²) in [6.07, 6.45) is 6.13. The zero-order valence-electron chi connectivity index (χ0n) is 11.9. The third-order valence-electron chi connectivity index (χ3n) is 2.59. The van der Waals surface area contributed by atoms with Gasteiger partial charge in [0.15, 0.2) is 6.73 Å². The summed E-state index contributed by atoms with van der Waals surface area (Å²) in [4.78, 5) is 0. The van der Waals surface area contributed by atoms with Crippen molar-refractivity contribution in [1.82, 2.24) is 0 Å². The largest absolute Gasteiger partial charge is 1.00 e. The smallest absolute Gasteiger partial charge is 0.182 e. The summed E-state index contributed by atoms with van der Waals surface area (Å²) < 4.78 is 6.37. The van der Waals surface area contributed by atoms with Gasteiger partial charge in [0.1, 0.15) is 12.6 Å². The first-order valence-electron chi connectivity index (χ1n) is 6.56. The van der Waals surface area contributed by atoms with Crippen LogP contribution in [0.4, 0.5) is 0 Å². The van der Waals surface area contributed by atoms with Crippen LogP contribution in [0.1, 0.15) is 46.0 Å². The predicted octanol–water partition coefficient (Wildman–Crippen LogP) is -0.608. The van der Waals surface area contributed by atoms with Crippen LogP contribution in [-0.2, 0) is 4.74 Å². The van der Waals surface area contributed by atoms with E-state index in [4.69, 9.17) is 4.74 Å². The highest BCUT2D eigenvalue weighted by Crippen LogP contribution is 2.04. The summed E-state index contributed by atoms with van der Waals surface area (Å²) in [5.41, 5.74) is 0. The van der Waals surface area contributed by atoms with Gasteiger partial charge in [0.2, 0.25) is 0 Å². The molecule has 0 rings (SSSR count). The Kier molecular flexibility index (Phi) is 12.9. The van der Waals surface area contributed by atoms with Gasteiger partial charge in [-0.15, -0.1) is 0 Å². The van der Waals surface area contributed by atoms with Crippen LogP contribution in [0.25, 0.3) is 0 Å². The van der Waals surface area contributed by atoms with E-state index < -0.39 is 0 Å². The van der Waals surface area contributed by atoms with E-state index in [9.17, 15) is 5.11 Å². The number of unbranched alkanes of at least 4 members (excludes halogenated alkanes) is 4. The van der Waals surface area contributed by atoms with Crippen LogP contribution in [0.3, 0.4) is 0 Å². The Morgan fingerprint density at radius 2 is 1.71 bits per heavy atom. The van der Waals surface area contributed by atoms with Crippen molar-refractivity contribution >= 4 is 0 Å². The Morgan fingerprint density at radius 1 is 1.12 bits per heavy atom. The second-order valence-electron chi connectivity index (χ2n) is 5.42. The maximum absolute atomic E-state index is 9.32. The molecule has 1 N–H and O–H groups in total. The molecule has 1 atom stereocenters. The summed E-state index contributed by atoms with van der Waals surface area (Å²) in [5.74, 6) is 0. The lowest BCUT2D eigenvalue weighted by Crippen LogP contribution is -3.00. The fraction of sp³-hybridized carbons (Fsp3) is 1.00. The first-order chi connectivity index (χ1) is 7.48. The molecule has 0 saturated carbocycles. The lowest BCUT2D eigenvalue weighted by Gasteiger charge is -2.30. The molecule has 0 aliphatic rings. The van der Waals surface area contributed by atoms with E-state index in [2.05, 4.69) is 21.0 Å². The lowest BCUT2D eigenvalue weighted by atomic mass is 10.2. The minimum Gasteiger partial charge on any atom is -1.00 e. The van der Waals surface area contributed by atoms with Gasteiger partial charge in [-0.1, -0.05) is 32.6 Å². The molecule has 0 saturated heterocycles. The molecule has 3 nitrogen and oxygen atoms in total. The van der Waals surface area contributed by atoms with Crippen molar-refractivity contribution in [2.75, 3.05) is 34.0 Å². The standard InChI is InChI=1S/C13H30NO2.ClH/c1-5-6-7-8-9-10-16-12-14(3,4)11-13(2)15;/h13,15H,5-12H2,1-4H3;1H/q+1;/p-1. The van der Waals surface area contributed by atoms with Crippen molar-refractivity contribution in [2.24, 2.45) is 0 Å². The number of aliphatic hydroxyl groups is 1.